The number of hydrogen-bond acceptors (Lipinski definition) is 0. The average molecular weight is 249 g/mol. The molecule has 0 atom stereocenters. The van der Waals surface area contributed by atoms with Gasteiger partial charge in [0.25, 0.3) is 0 Å². The van der Waals surface area contributed by atoms with E-state index < -0.39 is 0 Å². The van der Waals surface area contributed by atoms with Gasteiger partial charge in [0.15, 0.2) is 0 Å². The summed E-state index contributed by atoms with van der Waals surface area (Å²) in [6.07, 6.45) is 9.09. The van der Waals surface area contributed by atoms with Crippen molar-refractivity contribution < 1.29 is 0 Å². The Balaban J connectivity index is 2.22. The van der Waals surface area contributed by atoms with Crippen LogP contribution in [-0.2, 0) is 0 Å². The van der Waals surface area contributed by atoms with E-state index in [4.69, 9.17) is 0 Å². The predicted octanol–water partition coefficient (Wildman–Crippen LogP) is 5.38. The van der Waals surface area contributed by atoms with Crippen LogP contribution in [0.15, 0.2) is 72.8 Å². The Morgan fingerprint density at radius 1 is 0.842 bits per heavy atom. The highest BCUT2D eigenvalue weighted by molar-refractivity contribution is 5.36. The molecule has 0 amide bonds. The minimum Gasteiger partial charge on any atom is -0.0839 e. The van der Waals surface area contributed by atoms with E-state index in [2.05, 4.69) is 86.2 Å². The zero-order valence-electron chi connectivity index (χ0n) is 11.5. The lowest BCUT2D eigenvalue weighted by atomic mass is 9.91. The highest BCUT2D eigenvalue weighted by atomic mass is 14.1. The molecule has 0 aliphatic heterocycles. The SMILES string of the molecule is CCC[CH]/C=C/C(c1ccccc1)c1ccccc1. The standard InChI is InChI=1S/C19H21/c1-2-3-4-11-16-19(17-12-7-5-8-13-17)18-14-9-6-10-15-18/h4-16,19H,2-3H2,1H3/b16-11+. The van der Waals surface area contributed by atoms with Gasteiger partial charge in [-0.3, -0.25) is 0 Å². The first-order valence-corrected chi connectivity index (χ1v) is 7.01. The van der Waals surface area contributed by atoms with Gasteiger partial charge in [-0.25, -0.2) is 0 Å². The number of unbranched alkanes of at least 4 members (excludes halogenated alkanes) is 2. The number of rotatable bonds is 6. The molecule has 0 N–H and O–H groups in total. The molecule has 19 heavy (non-hydrogen) atoms. The van der Waals surface area contributed by atoms with Crippen LogP contribution in [0.4, 0.5) is 0 Å². The van der Waals surface area contributed by atoms with Crippen LogP contribution >= 0.6 is 0 Å². The van der Waals surface area contributed by atoms with Crippen molar-refractivity contribution in [1.29, 1.82) is 0 Å². The van der Waals surface area contributed by atoms with Gasteiger partial charge in [-0.1, -0.05) is 86.2 Å². The van der Waals surface area contributed by atoms with Crippen molar-refractivity contribution >= 4 is 0 Å². The van der Waals surface area contributed by atoms with Crippen molar-refractivity contribution in [3.05, 3.63) is 90.4 Å². The number of benzene rings is 2. The van der Waals surface area contributed by atoms with Crippen LogP contribution in [0.1, 0.15) is 36.8 Å². The first kappa shape index (κ1) is 13.6. The van der Waals surface area contributed by atoms with E-state index in [0.717, 1.165) is 6.42 Å². The van der Waals surface area contributed by atoms with Crippen LogP contribution in [0.3, 0.4) is 0 Å². The van der Waals surface area contributed by atoms with Crippen molar-refractivity contribution in [2.24, 2.45) is 0 Å². The van der Waals surface area contributed by atoms with Gasteiger partial charge in [-0.15, -0.1) is 0 Å². The molecule has 97 valence electrons. The van der Waals surface area contributed by atoms with Crippen molar-refractivity contribution in [2.75, 3.05) is 0 Å². The van der Waals surface area contributed by atoms with E-state index in [-0.39, 0.29) is 0 Å². The minimum atomic E-state index is 0.343. The molecule has 0 unspecified atom stereocenters. The lowest BCUT2D eigenvalue weighted by Gasteiger charge is -2.13. The van der Waals surface area contributed by atoms with Gasteiger partial charge in [-0.05, 0) is 24.0 Å². The van der Waals surface area contributed by atoms with Gasteiger partial charge in [0.1, 0.15) is 0 Å². The van der Waals surface area contributed by atoms with Crippen molar-refractivity contribution in [3.8, 4) is 0 Å². The van der Waals surface area contributed by atoms with Crippen LogP contribution in [0.2, 0.25) is 0 Å². The highest BCUT2D eigenvalue weighted by Gasteiger charge is 2.09. The first-order chi connectivity index (χ1) is 9.42. The third-order valence-electron chi connectivity index (χ3n) is 3.21. The summed E-state index contributed by atoms with van der Waals surface area (Å²) in [6.45, 7) is 2.20. The van der Waals surface area contributed by atoms with Crippen LogP contribution in [0.25, 0.3) is 0 Å². The Hall–Kier alpha value is -1.82. The van der Waals surface area contributed by atoms with Crippen molar-refractivity contribution in [2.45, 2.75) is 25.7 Å². The van der Waals surface area contributed by atoms with E-state index in [1.165, 1.54) is 17.5 Å². The fourth-order valence-corrected chi connectivity index (χ4v) is 2.19. The van der Waals surface area contributed by atoms with E-state index in [9.17, 15) is 0 Å². The summed E-state index contributed by atoms with van der Waals surface area (Å²) in [7, 11) is 0. The van der Waals surface area contributed by atoms with Gasteiger partial charge in [-0.2, -0.15) is 0 Å². The quantitative estimate of drug-likeness (QED) is 0.603. The molecular weight excluding hydrogens is 228 g/mol. The maximum absolute atomic E-state index is 2.29. The molecule has 0 spiro atoms. The molecular formula is C19H21. The van der Waals surface area contributed by atoms with Gasteiger partial charge in [0.2, 0.25) is 0 Å². The van der Waals surface area contributed by atoms with Gasteiger partial charge in [0.05, 0.1) is 0 Å². The summed E-state index contributed by atoms with van der Waals surface area (Å²) in [4.78, 5) is 0. The van der Waals surface area contributed by atoms with Crippen LogP contribution in [-0.4, -0.2) is 0 Å². The zero-order chi connectivity index (χ0) is 13.3. The van der Waals surface area contributed by atoms with E-state index >= 15 is 0 Å². The summed E-state index contributed by atoms with van der Waals surface area (Å²) in [5.74, 6) is 0.343. The van der Waals surface area contributed by atoms with Crippen LogP contribution in [0, 0.1) is 6.42 Å². The lowest BCUT2D eigenvalue weighted by molar-refractivity contribution is 0.918. The molecule has 0 heterocycles. The Kier molecular flexibility index (Phi) is 5.43. The monoisotopic (exact) mass is 249 g/mol. The fourth-order valence-electron chi connectivity index (χ4n) is 2.19. The normalized spacial score (nSPS) is 11.3. The Morgan fingerprint density at radius 3 is 1.84 bits per heavy atom. The molecule has 0 fully saturated rings. The molecule has 1 radical (unpaired) electrons. The van der Waals surface area contributed by atoms with Crippen molar-refractivity contribution in [3.63, 3.8) is 0 Å². The van der Waals surface area contributed by atoms with E-state index in [1.807, 2.05) is 0 Å². The summed E-state index contributed by atoms with van der Waals surface area (Å²) < 4.78 is 0. The fraction of sp³-hybridized carbons (Fsp3) is 0.211. The van der Waals surface area contributed by atoms with Gasteiger partial charge in [0, 0.05) is 5.92 Å². The van der Waals surface area contributed by atoms with Gasteiger partial charge < -0.3 is 0 Å². The second kappa shape index (κ2) is 7.58. The van der Waals surface area contributed by atoms with Crippen LogP contribution in [0.5, 0.6) is 0 Å². The lowest BCUT2D eigenvalue weighted by Crippen LogP contribution is -1.97. The third kappa shape index (κ3) is 4.10. The largest absolute Gasteiger partial charge is 0.0839 e. The van der Waals surface area contributed by atoms with E-state index in [1.54, 1.807) is 0 Å². The maximum atomic E-state index is 2.29. The molecule has 0 heteroatoms. The topological polar surface area (TPSA) is 0 Å². The molecule has 0 saturated carbocycles. The smallest absolute Gasteiger partial charge is 0.0269 e. The molecule has 2 aromatic rings. The Labute approximate surface area is 116 Å². The second-order valence-corrected chi connectivity index (χ2v) is 4.71. The first-order valence-electron chi connectivity index (χ1n) is 7.01. The average Bonchev–Trinajstić information content (AvgIpc) is 2.49. The van der Waals surface area contributed by atoms with Crippen LogP contribution < -0.4 is 0 Å². The molecule has 2 rings (SSSR count). The molecule has 2 aromatic carbocycles. The minimum absolute atomic E-state index is 0.343. The zero-order valence-corrected chi connectivity index (χ0v) is 11.5. The van der Waals surface area contributed by atoms with Crippen molar-refractivity contribution in [1.82, 2.24) is 0 Å². The van der Waals surface area contributed by atoms with Gasteiger partial charge >= 0.3 is 0 Å². The van der Waals surface area contributed by atoms with E-state index in [0.29, 0.717) is 5.92 Å². The number of hydrogen-bond donors (Lipinski definition) is 0. The molecule has 0 aliphatic rings. The maximum Gasteiger partial charge on any atom is 0.0269 e. The Bertz CT molecular complexity index is 442. The Morgan fingerprint density at radius 2 is 1.37 bits per heavy atom. The highest BCUT2D eigenvalue weighted by Crippen LogP contribution is 2.25. The molecule has 0 aliphatic carbocycles. The molecule has 0 bridgehead atoms. The second-order valence-electron chi connectivity index (χ2n) is 4.71. The third-order valence-corrected chi connectivity index (χ3v) is 3.21. The summed E-state index contributed by atoms with van der Waals surface area (Å²) >= 11 is 0. The summed E-state index contributed by atoms with van der Waals surface area (Å²) in [5.41, 5.74) is 2.68. The molecule has 0 nitrogen and oxygen atoms in total. The number of allylic oxidation sites excluding steroid dienone is 2. The molecule has 0 aromatic heterocycles. The molecule has 0 saturated heterocycles. The predicted molar refractivity (Wildman–Crippen MR) is 83.1 cm³/mol. The summed E-state index contributed by atoms with van der Waals surface area (Å²) in [6, 6.07) is 21.3. The summed E-state index contributed by atoms with van der Waals surface area (Å²) in [5, 5.41) is 0.